The second-order valence-corrected chi connectivity index (χ2v) is 1.17. The Morgan fingerprint density at radius 1 is 1.89 bits per heavy atom. The zero-order chi connectivity index (χ0) is 7.11. The van der Waals surface area contributed by atoms with Crippen LogP contribution in [-0.2, 0) is 9.53 Å². The van der Waals surface area contributed by atoms with Crippen LogP contribution in [0.1, 0.15) is 6.42 Å². The first-order valence-corrected chi connectivity index (χ1v) is 2.16. The van der Waals surface area contributed by atoms with Crippen molar-refractivity contribution in [2.75, 3.05) is 0 Å². The van der Waals surface area contributed by atoms with Gasteiger partial charge in [0.05, 0.1) is 12.7 Å². The van der Waals surface area contributed by atoms with Crippen LogP contribution in [0.3, 0.4) is 0 Å². The molecule has 0 bridgehead atoms. The Kier molecular flexibility index (Phi) is 3.90. The second-order valence-electron chi connectivity index (χ2n) is 1.17. The van der Waals surface area contributed by atoms with Gasteiger partial charge in [0.1, 0.15) is 0 Å². The van der Waals surface area contributed by atoms with Crippen molar-refractivity contribution in [3.8, 4) is 0 Å². The molecule has 1 rings (SSSR count). The van der Waals surface area contributed by atoms with E-state index in [1.165, 1.54) is 6.26 Å². The van der Waals surface area contributed by atoms with Crippen molar-refractivity contribution in [1.82, 2.24) is 0 Å². The molecule has 0 aromatic rings. The van der Waals surface area contributed by atoms with Gasteiger partial charge in [-0.3, -0.25) is 4.79 Å². The minimum atomic E-state index is -0.157. The van der Waals surface area contributed by atoms with Gasteiger partial charge in [-0.1, -0.05) is 0 Å². The first-order chi connectivity index (χ1) is 4.31. The van der Waals surface area contributed by atoms with Gasteiger partial charge in [-0.2, -0.15) is 0 Å². The molecule has 48 valence electrons. The van der Waals surface area contributed by atoms with E-state index in [-0.39, 0.29) is 5.97 Å². The Balaban J connectivity index is 0.000000187. The first-order valence-electron chi connectivity index (χ1n) is 2.16. The smallest absolute Gasteiger partial charge is 0.314 e. The lowest BCUT2D eigenvalue weighted by Gasteiger charge is -1.78. The van der Waals surface area contributed by atoms with E-state index in [1.54, 1.807) is 11.0 Å². The maximum absolute atomic E-state index is 9.96. The van der Waals surface area contributed by atoms with Gasteiger partial charge < -0.3 is 4.74 Å². The van der Waals surface area contributed by atoms with Crippen LogP contribution in [0.4, 0.5) is 0 Å². The summed E-state index contributed by atoms with van der Waals surface area (Å²) in [6, 6.07) is 0. The monoisotopic (exact) mass is 127 g/mol. The average molecular weight is 127 g/mol. The number of hydrogen-bond acceptors (Lipinski definition) is 3. The molecular weight excluding hydrogens is 122 g/mol. The Morgan fingerprint density at radius 2 is 2.44 bits per heavy atom. The minimum absolute atomic E-state index is 0.157. The summed E-state index contributed by atoms with van der Waals surface area (Å²) in [5, 5.41) is 0. The molecule has 1 aliphatic rings. The van der Waals surface area contributed by atoms with Crippen LogP contribution < -0.4 is 0 Å². The van der Waals surface area contributed by atoms with E-state index in [2.05, 4.69) is 4.74 Å². The number of nitrogens with zero attached hydrogens (tertiary/aromatic N) is 2. The fraction of sp³-hybridized carbons (Fsp3) is 0.250. The maximum Gasteiger partial charge on any atom is 0.314 e. The standard InChI is InChI=1S/C4H4O2.HN3/c5-4-2-1-3-6-4;1-3-2/h1,3H,2H2;1H. The zero-order valence-corrected chi connectivity index (χ0v) is 4.57. The normalized spacial score (nSPS) is 13.1. The number of cyclic esters (lactones) is 1. The van der Waals surface area contributed by atoms with Gasteiger partial charge in [-0.25, -0.2) is 0 Å². The number of carbonyl (C=O) groups excluding carboxylic acids is 1. The van der Waals surface area contributed by atoms with Crippen LogP contribution in [0.25, 0.3) is 10.4 Å². The van der Waals surface area contributed by atoms with Crippen LogP contribution >= 0.6 is 0 Å². The lowest BCUT2D eigenvalue weighted by Crippen LogP contribution is -1.87. The fourth-order valence-electron chi connectivity index (χ4n) is 0.316. The molecule has 9 heavy (non-hydrogen) atoms. The Hall–Kier alpha value is -1.48. The van der Waals surface area contributed by atoms with Crippen LogP contribution in [0.2, 0.25) is 0 Å². The molecule has 1 N–H and O–H groups in total. The highest BCUT2D eigenvalue weighted by atomic mass is 16.5. The van der Waals surface area contributed by atoms with Crippen molar-refractivity contribution in [3.05, 3.63) is 22.8 Å². The molecule has 0 aromatic heterocycles. The summed E-state index contributed by atoms with van der Waals surface area (Å²) in [4.78, 5) is 11.7. The third-order valence-corrected chi connectivity index (χ3v) is 0.580. The number of nitrogens with one attached hydrogen (secondary N) is 1. The van der Waals surface area contributed by atoms with Crippen LogP contribution in [-0.4, -0.2) is 5.97 Å². The molecule has 0 spiro atoms. The predicted octanol–water partition coefficient (Wildman–Crippen LogP) is 1.32. The zero-order valence-electron chi connectivity index (χ0n) is 4.57. The van der Waals surface area contributed by atoms with Crippen molar-refractivity contribution in [3.63, 3.8) is 0 Å². The summed E-state index contributed by atoms with van der Waals surface area (Å²) < 4.78 is 4.33. The highest BCUT2D eigenvalue weighted by molar-refractivity contribution is 5.73. The van der Waals surface area contributed by atoms with Gasteiger partial charge in [0.15, 0.2) is 0 Å². The topological polar surface area (TPSA) is 86.6 Å². The molecular formula is C4H5N3O2. The van der Waals surface area contributed by atoms with Gasteiger partial charge >= 0.3 is 5.97 Å². The highest BCUT2D eigenvalue weighted by Gasteiger charge is 2.00. The average Bonchev–Trinajstić information content (AvgIpc) is 2.20. The number of esters is 1. The number of hydrogen-bond donors (Lipinski definition) is 1. The molecule has 0 atom stereocenters. The van der Waals surface area contributed by atoms with Gasteiger partial charge in [0.25, 0.3) is 0 Å². The molecule has 1 heterocycles. The molecule has 0 amide bonds. The van der Waals surface area contributed by atoms with Crippen molar-refractivity contribution >= 4 is 5.97 Å². The predicted molar refractivity (Wildman–Crippen MR) is 29.3 cm³/mol. The molecule has 0 radical (unpaired) electrons. The lowest BCUT2D eigenvalue weighted by atomic mass is 10.5. The summed E-state index contributed by atoms with van der Waals surface area (Å²) in [5.41, 5.74) is 12.2. The van der Waals surface area contributed by atoms with Crippen molar-refractivity contribution in [2.45, 2.75) is 6.42 Å². The maximum atomic E-state index is 9.96. The number of carbonyl (C=O) groups is 1. The van der Waals surface area contributed by atoms with E-state index in [9.17, 15) is 4.79 Å². The third kappa shape index (κ3) is 4.37. The van der Waals surface area contributed by atoms with Gasteiger partial charge in [0.2, 0.25) is 0 Å². The molecule has 0 aliphatic carbocycles. The minimum Gasteiger partial charge on any atom is -0.435 e. The number of rotatable bonds is 0. The fourth-order valence-corrected chi connectivity index (χ4v) is 0.316. The molecule has 0 aromatic carbocycles. The van der Waals surface area contributed by atoms with Crippen LogP contribution in [0, 0.1) is 5.53 Å². The van der Waals surface area contributed by atoms with Gasteiger partial charge in [0, 0.05) is 0 Å². The Morgan fingerprint density at radius 3 is 2.56 bits per heavy atom. The van der Waals surface area contributed by atoms with Crippen molar-refractivity contribution < 1.29 is 9.53 Å². The molecule has 0 saturated carbocycles. The van der Waals surface area contributed by atoms with E-state index in [0.717, 1.165) is 0 Å². The highest BCUT2D eigenvalue weighted by Crippen LogP contribution is 1.96. The summed E-state index contributed by atoms with van der Waals surface area (Å²) in [5.74, 6) is -0.157. The van der Waals surface area contributed by atoms with Crippen LogP contribution in [0.15, 0.2) is 12.3 Å². The second kappa shape index (κ2) is 4.67. The van der Waals surface area contributed by atoms with Crippen molar-refractivity contribution in [1.29, 1.82) is 5.53 Å². The summed E-state index contributed by atoms with van der Waals surface area (Å²) in [7, 11) is 0. The largest absolute Gasteiger partial charge is 0.435 e. The van der Waals surface area contributed by atoms with E-state index in [1.807, 2.05) is 0 Å². The van der Waals surface area contributed by atoms with Gasteiger partial charge in [-0.05, 0) is 16.5 Å². The summed E-state index contributed by atoms with van der Waals surface area (Å²) >= 11 is 0. The van der Waals surface area contributed by atoms with E-state index in [4.69, 9.17) is 11.1 Å². The quantitative estimate of drug-likeness (QED) is 0.230. The van der Waals surface area contributed by atoms with E-state index < -0.39 is 0 Å². The Bertz CT molecular complexity index is 147. The molecule has 0 fully saturated rings. The molecule has 1 aliphatic heterocycles. The SMILES string of the molecule is O=C1CC=CO1.[N-]=[N+]=N. The van der Waals surface area contributed by atoms with Crippen LogP contribution in [0.5, 0.6) is 0 Å². The van der Waals surface area contributed by atoms with Gasteiger partial charge in [-0.15, -0.1) is 5.53 Å². The molecule has 5 heteroatoms. The first kappa shape index (κ1) is 7.52. The Labute approximate surface area is 51.3 Å². The summed E-state index contributed by atoms with van der Waals surface area (Å²) in [6.07, 6.45) is 3.53. The molecule has 5 nitrogen and oxygen atoms in total. The summed E-state index contributed by atoms with van der Waals surface area (Å²) in [6.45, 7) is 0. The van der Waals surface area contributed by atoms with E-state index in [0.29, 0.717) is 6.42 Å². The number of ether oxygens (including phenoxy) is 1. The molecule has 0 unspecified atom stereocenters. The van der Waals surface area contributed by atoms with Crippen molar-refractivity contribution in [2.24, 2.45) is 0 Å². The third-order valence-electron chi connectivity index (χ3n) is 0.580. The molecule has 0 saturated heterocycles. The lowest BCUT2D eigenvalue weighted by molar-refractivity contribution is -0.135. The van der Waals surface area contributed by atoms with E-state index >= 15 is 0 Å².